The highest BCUT2D eigenvalue weighted by Gasteiger charge is 2.35. The van der Waals surface area contributed by atoms with Crippen LogP contribution in [0.2, 0.25) is 0 Å². The Morgan fingerprint density at radius 1 is 1.14 bits per heavy atom. The van der Waals surface area contributed by atoms with Crippen LogP contribution in [0.5, 0.6) is 0 Å². The van der Waals surface area contributed by atoms with Crippen LogP contribution in [0.1, 0.15) is 31.2 Å². The average Bonchev–Trinajstić information content (AvgIpc) is 2.93. The third-order valence-corrected chi connectivity index (χ3v) is 3.88. The second kappa shape index (κ2) is 6.67. The van der Waals surface area contributed by atoms with E-state index in [4.69, 9.17) is 5.11 Å². The van der Waals surface area contributed by atoms with E-state index in [1.807, 2.05) is 0 Å². The van der Waals surface area contributed by atoms with Crippen molar-refractivity contribution in [2.75, 3.05) is 13.1 Å². The van der Waals surface area contributed by atoms with Gasteiger partial charge in [-0.05, 0) is 30.5 Å². The molecule has 1 amide bonds. The predicted octanol–water partition coefficient (Wildman–Crippen LogP) is 1.39. The fourth-order valence-corrected chi connectivity index (χ4v) is 2.80. The number of halogens is 1. The molecule has 1 aliphatic rings. The van der Waals surface area contributed by atoms with Gasteiger partial charge in [0.1, 0.15) is 12.4 Å². The van der Waals surface area contributed by atoms with Crippen molar-refractivity contribution in [3.63, 3.8) is 0 Å². The van der Waals surface area contributed by atoms with Gasteiger partial charge in [-0.3, -0.25) is 14.9 Å². The van der Waals surface area contributed by atoms with E-state index in [1.165, 1.54) is 12.1 Å². The summed E-state index contributed by atoms with van der Waals surface area (Å²) >= 11 is 0. The lowest BCUT2D eigenvalue weighted by molar-refractivity contribution is -0.137. The SMILES string of the molecule is O=C(O)CNC(=O)CNC1(c2ccc(F)cc2)CCCC1. The van der Waals surface area contributed by atoms with Crippen LogP contribution in [0.25, 0.3) is 0 Å². The van der Waals surface area contributed by atoms with Crippen LogP contribution in [-0.2, 0) is 15.1 Å². The van der Waals surface area contributed by atoms with Gasteiger partial charge in [-0.25, -0.2) is 4.39 Å². The first-order valence-corrected chi connectivity index (χ1v) is 7.01. The molecule has 0 spiro atoms. The lowest BCUT2D eigenvalue weighted by Gasteiger charge is -2.31. The maximum Gasteiger partial charge on any atom is 0.322 e. The molecule has 0 heterocycles. The van der Waals surface area contributed by atoms with Gasteiger partial charge in [0.15, 0.2) is 0 Å². The fraction of sp³-hybridized carbons (Fsp3) is 0.467. The third-order valence-electron chi connectivity index (χ3n) is 3.88. The van der Waals surface area contributed by atoms with E-state index in [9.17, 15) is 14.0 Å². The summed E-state index contributed by atoms with van der Waals surface area (Å²) in [6.45, 7) is -0.339. The minimum absolute atomic E-state index is 0.0463. The standard InChI is InChI=1S/C15H19FN2O3/c16-12-5-3-11(4-6-12)15(7-1-2-8-15)18-9-13(19)17-10-14(20)21/h3-6,18H,1-2,7-10H2,(H,17,19)(H,20,21). The van der Waals surface area contributed by atoms with E-state index in [2.05, 4.69) is 10.6 Å². The molecule has 3 N–H and O–H groups in total. The minimum atomic E-state index is -1.07. The van der Waals surface area contributed by atoms with Crippen LogP contribution >= 0.6 is 0 Å². The molecule has 0 radical (unpaired) electrons. The Labute approximate surface area is 122 Å². The molecule has 1 aromatic carbocycles. The van der Waals surface area contributed by atoms with Crippen molar-refractivity contribution < 1.29 is 19.1 Å². The van der Waals surface area contributed by atoms with Crippen LogP contribution in [0.4, 0.5) is 4.39 Å². The van der Waals surface area contributed by atoms with Crippen LogP contribution in [0, 0.1) is 5.82 Å². The molecule has 0 atom stereocenters. The highest BCUT2D eigenvalue weighted by Crippen LogP contribution is 2.38. The smallest absolute Gasteiger partial charge is 0.322 e. The normalized spacial score (nSPS) is 16.6. The second-order valence-electron chi connectivity index (χ2n) is 5.32. The third kappa shape index (κ3) is 4.01. The van der Waals surface area contributed by atoms with Gasteiger partial charge < -0.3 is 10.4 Å². The number of rotatable bonds is 6. The summed E-state index contributed by atoms with van der Waals surface area (Å²) in [5.74, 6) is -1.71. The van der Waals surface area contributed by atoms with Gasteiger partial charge in [-0.15, -0.1) is 0 Å². The van der Waals surface area contributed by atoms with Crippen molar-refractivity contribution in [1.29, 1.82) is 0 Å². The zero-order valence-corrected chi connectivity index (χ0v) is 11.7. The quantitative estimate of drug-likeness (QED) is 0.741. The zero-order valence-electron chi connectivity index (χ0n) is 11.7. The van der Waals surface area contributed by atoms with E-state index >= 15 is 0 Å². The summed E-state index contributed by atoms with van der Waals surface area (Å²) in [6.07, 6.45) is 3.85. The monoisotopic (exact) mass is 294 g/mol. The van der Waals surface area contributed by atoms with Crippen LogP contribution < -0.4 is 10.6 Å². The molecule has 2 rings (SSSR count). The van der Waals surface area contributed by atoms with E-state index in [0.717, 1.165) is 31.2 Å². The zero-order chi connectivity index (χ0) is 15.3. The first-order valence-electron chi connectivity index (χ1n) is 7.01. The van der Waals surface area contributed by atoms with Crippen LogP contribution in [0.15, 0.2) is 24.3 Å². The van der Waals surface area contributed by atoms with Crippen molar-refractivity contribution in [1.82, 2.24) is 10.6 Å². The Balaban J connectivity index is 2.00. The highest BCUT2D eigenvalue weighted by molar-refractivity contribution is 5.82. The maximum atomic E-state index is 13.0. The Morgan fingerprint density at radius 2 is 1.76 bits per heavy atom. The Kier molecular flexibility index (Phi) is 4.90. The van der Waals surface area contributed by atoms with Crippen LogP contribution in [0.3, 0.4) is 0 Å². The summed E-state index contributed by atoms with van der Waals surface area (Å²) in [5.41, 5.74) is 0.640. The molecule has 1 aliphatic carbocycles. The van der Waals surface area contributed by atoms with Gasteiger partial charge in [0.25, 0.3) is 0 Å². The Morgan fingerprint density at radius 3 is 2.33 bits per heavy atom. The molecule has 0 bridgehead atoms. The molecule has 6 heteroatoms. The fourth-order valence-electron chi connectivity index (χ4n) is 2.80. The molecule has 0 aliphatic heterocycles. The summed E-state index contributed by atoms with van der Waals surface area (Å²) in [6, 6.07) is 6.31. The first-order chi connectivity index (χ1) is 10.0. The molecule has 1 fully saturated rings. The van der Waals surface area contributed by atoms with E-state index in [1.54, 1.807) is 12.1 Å². The summed E-state index contributed by atoms with van der Waals surface area (Å²) in [5, 5.41) is 14.1. The van der Waals surface area contributed by atoms with E-state index in [-0.39, 0.29) is 30.4 Å². The average molecular weight is 294 g/mol. The number of benzene rings is 1. The molecule has 21 heavy (non-hydrogen) atoms. The van der Waals surface area contributed by atoms with Gasteiger partial charge in [-0.1, -0.05) is 25.0 Å². The van der Waals surface area contributed by atoms with Gasteiger partial charge in [0, 0.05) is 5.54 Å². The molecule has 0 aromatic heterocycles. The van der Waals surface area contributed by atoms with Crippen molar-refractivity contribution >= 4 is 11.9 Å². The minimum Gasteiger partial charge on any atom is -0.480 e. The van der Waals surface area contributed by atoms with Crippen LogP contribution in [-0.4, -0.2) is 30.1 Å². The Hall–Kier alpha value is -1.95. The van der Waals surface area contributed by atoms with Gasteiger partial charge in [0.05, 0.1) is 6.54 Å². The van der Waals surface area contributed by atoms with Crippen molar-refractivity contribution in [3.8, 4) is 0 Å². The number of carbonyl (C=O) groups excluding carboxylic acids is 1. The number of nitrogens with one attached hydrogen (secondary N) is 2. The number of carboxylic acids is 1. The second-order valence-corrected chi connectivity index (χ2v) is 5.32. The van der Waals surface area contributed by atoms with Gasteiger partial charge >= 0.3 is 5.97 Å². The van der Waals surface area contributed by atoms with Gasteiger partial charge in [0.2, 0.25) is 5.91 Å². The number of carbonyl (C=O) groups is 2. The van der Waals surface area contributed by atoms with Crippen molar-refractivity contribution in [2.24, 2.45) is 0 Å². The first kappa shape index (κ1) is 15.4. The largest absolute Gasteiger partial charge is 0.480 e. The summed E-state index contributed by atoms with van der Waals surface area (Å²) < 4.78 is 13.0. The number of carboxylic acid groups (broad SMARTS) is 1. The lowest BCUT2D eigenvalue weighted by atomic mass is 9.88. The number of hydrogen-bond acceptors (Lipinski definition) is 3. The van der Waals surface area contributed by atoms with E-state index < -0.39 is 5.97 Å². The van der Waals surface area contributed by atoms with Crippen molar-refractivity contribution in [2.45, 2.75) is 31.2 Å². The molecular weight excluding hydrogens is 275 g/mol. The number of hydrogen-bond donors (Lipinski definition) is 3. The number of aliphatic carboxylic acids is 1. The Bertz CT molecular complexity index is 510. The van der Waals surface area contributed by atoms with Crippen molar-refractivity contribution in [3.05, 3.63) is 35.6 Å². The predicted molar refractivity (Wildman–Crippen MR) is 75.2 cm³/mol. The molecule has 5 nitrogen and oxygen atoms in total. The molecule has 1 saturated carbocycles. The molecule has 114 valence electrons. The van der Waals surface area contributed by atoms with E-state index in [0.29, 0.717) is 0 Å². The topological polar surface area (TPSA) is 78.4 Å². The molecule has 1 aromatic rings. The summed E-state index contributed by atoms with van der Waals surface area (Å²) in [7, 11) is 0. The molecule has 0 unspecified atom stereocenters. The number of amides is 1. The lowest BCUT2D eigenvalue weighted by Crippen LogP contribution is -2.46. The summed E-state index contributed by atoms with van der Waals surface area (Å²) in [4.78, 5) is 22.0. The maximum absolute atomic E-state index is 13.0. The van der Waals surface area contributed by atoms with Gasteiger partial charge in [-0.2, -0.15) is 0 Å². The highest BCUT2D eigenvalue weighted by atomic mass is 19.1. The molecular formula is C15H19FN2O3. The molecule has 0 saturated heterocycles.